The van der Waals surface area contributed by atoms with Crippen LogP contribution in [0.1, 0.15) is 46.0 Å². The molecule has 0 bridgehead atoms. The van der Waals surface area contributed by atoms with Gasteiger partial charge < -0.3 is 0 Å². The van der Waals surface area contributed by atoms with E-state index in [-0.39, 0.29) is 5.41 Å². The van der Waals surface area contributed by atoms with E-state index in [1.807, 2.05) is 0 Å². The van der Waals surface area contributed by atoms with Crippen LogP contribution in [0.3, 0.4) is 0 Å². The number of allylic oxidation sites excluding steroid dienone is 1. The number of nitrogens with zero attached hydrogens (tertiary/aromatic N) is 2. The van der Waals surface area contributed by atoms with E-state index in [9.17, 15) is 0 Å². The summed E-state index contributed by atoms with van der Waals surface area (Å²) in [6.07, 6.45) is 2.16. The van der Waals surface area contributed by atoms with Gasteiger partial charge in [-0.2, -0.15) is 5.10 Å². The van der Waals surface area contributed by atoms with E-state index in [1.165, 1.54) is 11.3 Å². The van der Waals surface area contributed by atoms with Gasteiger partial charge in [0.1, 0.15) is 0 Å². The molecule has 0 unspecified atom stereocenters. The lowest BCUT2D eigenvalue weighted by atomic mass is 9.92. The number of H-pyrrole nitrogens is 1. The van der Waals surface area contributed by atoms with Gasteiger partial charge in [0.2, 0.25) is 0 Å². The quantitative estimate of drug-likeness (QED) is 0.813. The zero-order valence-electron chi connectivity index (χ0n) is 12.0. The second-order valence-electron chi connectivity index (χ2n) is 5.84. The van der Waals surface area contributed by atoms with E-state index in [2.05, 4.69) is 68.9 Å². The first kappa shape index (κ1) is 14.0. The van der Waals surface area contributed by atoms with Crippen molar-refractivity contribution in [2.45, 2.75) is 46.6 Å². The number of hydrogen-bond donors (Lipinski definition) is 1. The van der Waals surface area contributed by atoms with Crippen molar-refractivity contribution < 1.29 is 0 Å². The van der Waals surface area contributed by atoms with Crippen molar-refractivity contribution in [3.8, 4) is 0 Å². The van der Waals surface area contributed by atoms with Crippen LogP contribution in [0.2, 0.25) is 0 Å². The number of hydrogen-bond acceptors (Lipinski definition) is 2. The van der Waals surface area contributed by atoms with Crippen LogP contribution >= 0.6 is 0 Å². The molecule has 0 radical (unpaired) electrons. The maximum absolute atomic E-state index is 4.37. The van der Waals surface area contributed by atoms with Crippen LogP contribution in [0.15, 0.2) is 17.7 Å². The molecule has 0 spiro atoms. The Balaban J connectivity index is 2.61. The molecule has 3 nitrogen and oxygen atoms in total. The maximum atomic E-state index is 4.37. The number of aromatic amines is 1. The van der Waals surface area contributed by atoms with Gasteiger partial charge in [0.25, 0.3) is 0 Å². The molecule has 0 atom stereocenters. The molecule has 0 saturated heterocycles. The molecule has 1 aromatic rings. The number of nitrogens with one attached hydrogen (secondary N) is 1. The lowest BCUT2D eigenvalue weighted by Gasteiger charge is -2.16. The van der Waals surface area contributed by atoms with E-state index in [0.717, 1.165) is 18.8 Å². The fourth-order valence-corrected chi connectivity index (χ4v) is 1.69. The van der Waals surface area contributed by atoms with Crippen molar-refractivity contribution in [2.75, 3.05) is 13.6 Å². The Hall–Kier alpha value is -1.09. The molecule has 0 fully saturated rings. The van der Waals surface area contributed by atoms with E-state index in [4.69, 9.17) is 0 Å². The third-order valence-electron chi connectivity index (χ3n) is 2.85. The van der Waals surface area contributed by atoms with Crippen molar-refractivity contribution in [2.24, 2.45) is 0 Å². The van der Waals surface area contributed by atoms with Crippen molar-refractivity contribution in [1.29, 1.82) is 0 Å². The van der Waals surface area contributed by atoms with Crippen LogP contribution in [-0.2, 0) is 12.0 Å². The molecule has 0 amide bonds. The Kier molecular flexibility index (Phi) is 4.52. The molecule has 1 aromatic heterocycles. The first-order valence-corrected chi connectivity index (χ1v) is 6.18. The second-order valence-corrected chi connectivity index (χ2v) is 5.84. The van der Waals surface area contributed by atoms with Gasteiger partial charge in [0, 0.05) is 24.2 Å². The molecule has 0 aliphatic carbocycles. The Morgan fingerprint density at radius 1 is 1.47 bits per heavy atom. The zero-order valence-corrected chi connectivity index (χ0v) is 12.0. The molecule has 96 valence electrons. The predicted octanol–water partition coefficient (Wildman–Crippen LogP) is 3.11. The van der Waals surface area contributed by atoms with Gasteiger partial charge in [-0.1, -0.05) is 32.4 Å². The lowest BCUT2D eigenvalue weighted by molar-refractivity contribution is 0.350. The summed E-state index contributed by atoms with van der Waals surface area (Å²) < 4.78 is 0. The van der Waals surface area contributed by atoms with Crippen molar-refractivity contribution in [1.82, 2.24) is 15.1 Å². The minimum absolute atomic E-state index is 0.118. The largest absolute Gasteiger partial charge is 0.297 e. The molecule has 0 aliphatic heterocycles. The summed E-state index contributed by atoms with van der Waals surface area (Å²) in [6, 6.07) is 2.17. The fraction of sp³-hybridized carbons (Fsp3) is 0.643. The average Bonchev–Trinajstić information content (AvgIpc) is 2.65. The Bertz CT molecular complexity index is 382. The van der Waals surface area contributed by atoms with E-state index >= 15 is 0 Å². The summed E-state index contributed by atoms with van der Waals surface area (Å²) in [5.41, 5.74) is 3.82. The molecular weight excluding hydrogens is 210 g/mol. The topological polar surface area (TPSA) is 31.9 Å². The molecule has 0 aromatic carbocycles. The molecule has 17 heavy (non-hydrogen) atoms. The van der Waals surface area contributed by atoms with Gasteiger partial charge in [-0.3, -0.25) is 10.00 Å². The highest BCUT2D eigenvalue weighted by Gasteiger charge is 2.17. The predicted molar refractivity (Wildman–Crippen MR) is 73.1 cm³/mol. The highest BCUT2D eigenvalue weighted by molar-refractivity contribution is 5.16. The summed E-state index contributed by atoms with van der Waals surface area (Å²) in [7, 11) is 2.13. The smallest absolute Gasteiger partial charge is 0.0678 e. The molecule has 0 aliphatic rings. The van der Waals surface area contributed by atoms with E-state index in [0.29, 0.717) is 0 Å². The van der Waals surface area contributed by atoms with E-state index < -0.39 is 0 Å². The SMILES string of the molecule is C/C=C(\C)CN(C)Cc1cc(C(C)(C)C)n[nH]1. The molecular formula is C14H25N3. The van der Waals surface area contributed by atoms with Gasteiger partial charge in [-0.15, -0.1) is 0 Å². The zero-order chi connectivity index (χ0) is 13.1. The molecule has 1 N–H and O–H groups in total. The normalized spacial score (nSPS) is 13.5. The maximum Gasteiger partial charge on any atom is 0.0678 e. The van der Waals surface area contributed by atoms with Crippen LogP contribution in [0.4, 0.5) is 0 Å². The first-order valence-electron chi connectivity index (χ1n) is 6.18. The minimum atomic E-state index is 0.118. The Morgan fingerprint density at radius 2 is 2.12 bits per heavy atom. The number of likely N-dealkylation sites (N-methyl/N-ethyl adjacent to an activating group) is 1. The first-order chi connectivity index (χ1) is 7.82. The Morgan fingerprint density at radius 3 is 2.59 bits per heavy atom. The summed E-state index contributed by atoms with van der Waals surface area (Å²) in [5.74, 6) is 0. The monoisotopic (exact) mass is 235 g/mol. The summed E-state index contributed by atoms with van der Waals surface area (Å²) >= 11 is 0. The number of rotatable bonds is 4. The van der Waals surface area contributed by atoms with Crippen molar-refractivity contribution in [3.05, 3.63) is 29.1 Å². The fourth-order valence-electron chi connectivity index (χ4n) is 1.69. The van der Waals surface area contributed by atoms with E-state index in [1.54, 1.807) is 0 Å². The van der Waals surface area contributed by atoms with Crippen LogP contribution in [0, 0.1) is 0 Å². The summed E-state index contributed by atoms with van der Waals surface area (Å²) in [4.78, 5) is 2.29. The van der Waals surface area contributed by atoms with Gasteiger partial charge in [-0.05, 0) is 27.0 Å². The second kappa shape index (κ2) is 5.50. The van der Waals surface area contributed by atoms with Crippen LogP contribution in [0.25, 0.3) is 0 Å². The standard InChI is InChI=1S/C14H25N3/c1-7-11(2)9-17(6)10-12-8-13(16-15-12)14(3,4)5/h7-8H,9-10H2,1-6H3,(H,15,16)/b11-7+. The molecule has 0 saturated carbocycles. The average molecular weight is 235 g/mol. The van der Waals surface area contributed by atoms with Crippen LogP contribution in [-0.4, -0.2) is 28.7 Å². The highest BCUT2D eigenvalue weighted by Crippen LogP contribution is 2.20. The molecule has 1 rings (SSSR count). The molecule has 1 heterocycles. The Labute approximate surface area is 105 Å². The van der Waals surface area contributed by atoms with Crippen LogP contribution < -0.4 is 0 Å². The van der Waals surface area contributed by atoms with Crippen LogP contribution in [0.5, 0.6) is 0 Å². The summed E-state index contributed by atoms with van der Waals surface area (Å²) in [6.45, 7) is 12.7. The highest BCUT2D eigenvalue weighted by atomic mass is 15.2. The third-order valence-corrected chi connectivity index (χ3v) is 2.85. The number of aromatic nitrogens is 2. The van der Waals surface area contributed by atoms with Gasteiger partial charge in [0.05, 0.1) is 5.69 Å². The van der Waals surface area contributed by atoms with Crippen molar-refractivity contribution in [3.63, 3.8) is 0 Å². The minimum Gasteiger partial charge on any atom is -0.297 e. The van der Waals surface area contributed by atoms with Gasteiger partial charge in [-0.25, -0.2) is 0 Å². The van der Waals surface area contributed by atoms with Crippen molar-refractivity contribution >= 4 is 0 Å². The summed E-state index contributed by atoms with van der Waals surface area (Å²) in [5, 5.41) is 7.50. The van der Waals surface area contributed by atoms with Gasteiger partial charge >= 0.3 is 0 Å². The molecule has 3 heteroatoms. The van der Waals surface area contributed by atoms with Gasteiger partial charge in [0.15, 0.2) is 0 Å². The lowest BCUT2D eigenvalue weighted by Crippen LogP contribution is -2.20. The third kappa shape index (κ3) is 4.35.